The highest BCUT2D eigenvalue weighted by atomic mass is 16.4. The molecule has 0 amide bonds. The zero-order chi connectivity index (χ0) is 9.14. The number of anilines is 1. The highest BCUT2D eigenvalue weighted by Crippen LogP contribution is 2.14. The van der Waals surface area contributed by atoms with E-state index in [1.165, 1.54) is 12.1 Å². The Morgan fingerprint density at radius 3 is 2.75 bits per heavy atom. The van der Waals surface area contributed by atoms with E-state index in [2.05, 4.69) is 6.58 Å². The van der Waals surface area contributed by atoms with Crippen LogP contribution < -0.4 is 5.73 Å². The number of carbonyl (C=O) groups is 1. The summed E-state index contributed by atoms with van der Waals surface area (Å²) in [5, 5.41) is 8.72. The number of carboxylic acid groups (broad SMARTS) is 1. The summed E-state index contributed by atoms with van der Waals surface area (Å²) in [6, 6.07) is 4.69. The van der Waals surface area contributed by atoms with Gasteiger partial charge in [0.05, 0.1) is 5.56 Å². The summed E-state index contributed by atoms with van der Waals surface area (Å²) in [6.07, 6.45) is 1.49. The summed E-state index contributed by atoms with van der Waals surface area (Å²) < 4.78 is 0. The van der Waals surface area contributed by atoms with Gasteiger partial charge in [-0.2, -0.15) is 0 Å². The molecular formula is C9H9NO2. The van der Waals surface area contributed by atoms with Crippen molar-refractivity contribution in [2.75, 3.05) is 5.73 Å². The number of nitrogen functional groups attached to an aromatic ring is 1. The van der Waals surface area contributed by atoms with Gasteiger partial charge >= 0.3 is 5.97 Å². The minimum absolute atomic E-state index is 0.185. The topological polar surface area (TPSA) is 63.3 Å². The van der Waals surface area contributed by atoms with Crippen LogP contribution in [0.1, 0.15) is 15.9 Å². The van der Waals surface area contributed by atoms with Crippen molar-refractivity contribution >= 4 is 17.7 Å². The number of hydrogen-bond donors (Lipinski definition) is 2. The van der Waals surface area contributed by atoms with Gasteiger partial charge in [0.2, 0.25) is 0 Å². The van der Waals surface area contributed by atoms with Crippen molar-refractivity contribution in [1.82, 2.24) is 0 Å². The molecule has 12 heavy (non-hydrogen) atoms. The summed E-state index contributed by atoms with van der Waals surface area (Å²) >= 11 is 0. The predicted octanol–water partition coefficient (Wildman–Crippen LogP) is 1.61. The highest BCUT2D eigenvalue weighted by molar-refractivity contribution is 5.93. The normalized spacial score (nSPS) is 9.33. The zero-order valence-corrected chi connectivity index (χ0v) is 6.45. The van der Waals surface area contributed by atoms with Gasteiger partial charge < -0.3 is 10.8 Å². The lowest BCUT2D eigenvalue weighted by atomic mass is 10.1. The molecule has 0 heterocycles. The second kappa shape index (κ2) is 3.09. The van der Waals surface area contributed by atoms with Gasteiger partial charge in [-0.05, 0) is 17.7 Å². The minimum atomic E-state index is -0.989. The van der Waals surface area contributed by atoms with Gasteiger partial charge in [-0.25, -0.2) is 4.79 Å². The quantitative estimate of drug-likeness (QED) is 0.651. The number of nitrogens with two attached hydrogens (primary N) is 1. The van der Waals surface area contributed by atoms with Crippen LogP contribution in [-0.4, -0.2) is 11.1 Å². The summed E-state index contributed by atoms with van der Waals surface area (Å²) in [7, 11) is 0. The van der Waals surface area contributed by atoms with Crippen LogP contribution in [0.25, 0.3) is 6.08 Å². The van der Waals surface area contributed by atoms with Crippen molar-refractivity contribution in [3.63, 3.8) is 0 Å². The van der Waals surface area contributed by atoms with E-state index in [-0.39, 0.29) is 5.56 Å². The molecule has 3 heteroatoms. The van der Waals surface area contributed by atoms with Crippen molar-refractivity contribution < 1.29 is 9.90 Å². The van der Waals surface area contributed by atoms with E-state index in [4.69, 9.17) is 10.8 Å². The molecule has 3 nitrogen and oxygen atoms in total. The van der Waals surface area contributed by atoms with Gasteiger partial charge in [0, 0.05) is 5.69 Å². The van der Waals surface area contributed by atoms with Gasteiger partial charge in [-0.1, -0.05) is 18.7 Å². The van der Waals surface area contributed by atoms with Crippen LogP contribution in [0.2, 0.25) is 0 Å². The molecule has 0 aromatic heterocycles. The van der Waals surface area contributed by atoms with Crippen LogP contribution >= 0.6 is 0 Å². The van der Waals surface area contributed by atoms with Gasteiger partial charge in [-0.15, -0.1) is 0 Å². The third kappa shape index (κ3) is 1.45. The lowest BCUT2D eigenvalue weighted by Crippen LogP contribution is -2.00. The molecule has 3 N–H and O–H groups in total. The SMILES string of the molecule is C=Cc1ccc(N)cc1C(=O)O. The van der Waals surface area contributed by atoms with E-state index in [9.17, 15) is 4.79 Å². The Hall–Kier alpha value is -1.77. The van der Waals surface area contributed by atoms with E-state index < -0.39 is 5.97 Å². The predicted molar refractivity (Wildman–Crippen MR) is 47.9 cm³/mol. The van der Waals surface area contributed by atoms with E-state index in [1.54, 1.807) is 12.1 Å². The molecule has 0 bridgehead atoms. The van der Waals surface area contributed by atoms with Crippen LogP contribution in [0.4, 0.5) is 5.69 Å². The van der Waals surface area contributed by atoms with Crippen molar-refractivity contribution in [2.24, 2.45) is 0 Å². The van der Waals surface area contributed by atoms with Crippen LogP contribution in [0.15, 0.2) is 24.8 Å². The fourth-order valence-electron chi connectivity index (χ4n) is 0.937. The lowest BCUT2D eigenvalue weighted by molar-refractivity contribution is 0.0696. The van der Waals surface area contributed by atoms with Gasteiger partial charge in [-0.3, -0.25) is 0 Å². The molecule has 0 spiro atoms. The Morgan fingerprint density at radius 2 is 2.25 bits per heavy atom. The Balaban J connectivity index is 3.30. The van der Waals surface area contributed by atoms with E-state index in [0.29, 0.717) is 11.3 Å². The molecule has 0 unspecified atom stereocenters. The standard InChI is InChI=1S/C9H9NO2/c1-2-6-3-4-7(10)5-8(6)9(11)12/h2-5H,1,10H2,(H,11,12). The van der Waals surface area contributed by atoms with Crippen LogP contribution in [-0.2, 0) is 0 Å². The number of carboxylic acids is 1. The second-order valence-corrected chi connectivity index (χ2v) is 2.36. The molecule has 0 atom stereocenters. The third-order valence-corrected chi connectivity index (χ3v) is 1.53. The van der Waals surface area contributed by atoms with E-state index >= 15 is 0 Å². The summed E-state index contributed by atoms with van der Waals surface area (Å²) in [4.78, 5) is 10.6. The molecule has 0 radical (unpaired) electrons. The average molecular weight is 163 g/mol. The number of rotatable bonds is 2. The molecular weight excluding hydrogens is 154 g/mol. The first-order valence-corrected chi connectivity index (χ1v) is 3.40. The first-order chi connectivity index (χ1) is 5.65. The first kappa shape index (κ1) is 8.33. The summed E-state index contributed by atoms with van der Waals surface area (Å²) in [6.45, 7) is 3.50. The molecule has 0 aliphatic heterocycles. The van der Waals surface area contributed by atoms with Crippen molar-refractivity contribution in [3.05, 3.63) is 35.9 Å². The van der Waals surface area contributed by atoms with E-state index in [0.717, 1.165) is 0 Å². The van der Waals surface area contributed by atoms with Gasteiger partial charge in [0.1, 0.15) is 0 Å². The van der Waals surface area contributed by atoms with Crippen molar-refractivity contribution in [2.45, 2.75) is 0 Å². The maximum atomic E-state index is 10.6. The zero-order valence-electron chi connectivity index (χ0n) is 6.45. The Labute approximate surface area is 70.1 Å². The van der Waals surface area contributed by atoms with Crippen molar-refractivity contribution in [1.29, 1.82) is 0 Å². The van der Waals surface area contributed by atoms with Crippen LogP contribution in [0.5, 0.6) is 0 Å². The van der Waals surface area contributed by atoms with Crippen LogP contribution in [0.3, 0.4) is 0 Å². The smallest absolute Gasteiger partial charge is 0.336 e. The lowest BCUT2D eigenvalue weighted by Gasteiger charge is -2.01. The number of aromatic carboxylic acids is 1. The molecule has 62 valence electrons. The van der Waals surface area contributed by atoms with Gasteiger partial charge in [0.25, 0.3) is 0 Å². The molecule has 0 saturated carbocycles. The Morgan fingerprint density at radius 1 is 1.58 bits per heavy atom. The largest absolute Gasteiger partial charge is 0.478 e. The average Bonchev–Trinajstić information content (AvgIpc) is 2.04. The monoisotopic (exact) mass is 163 g/mol. The van der Waals surface area contributed by atoms with E-state index in [1.807, 2.05) is 0 Å². The fourth-order valence-corrected chi connectivity index (χ4v) is 0.937. The Kier molecular flexibility index (Phi) is 2.14. The molecule has 1 aromatic carbocycles. The Bertz CT molecular complexity index is 331. The minimum Gasteiger partial charge on any atom is -0.478 e. The summed E-state index contributed by atoms with van der Waals surface area (Å²) in [5.41, 5.74) is 6.63. The number of benzene rings is 1. The second-order valence-electron chi connectivity index (χ2n) is 2.36. The molecule has 0 fully saturated rings. The maximum Gasteiger partial charge on any atom is 0.336 e. The molecule has 0 saturated heterocycles. The molecule has 0 aliphatic carbocycles. The third-order valence-electron chi connectivity index (χ3n) is 1.53. The summed E-state index contributed by atoms with van der Waals surface area (Å²) in [5.74, 6) is -0.989. The van der Waals surface area contributed by atoms with Crippen molar-refractivity contribution in [3.8, 4) is 0 Å². The van der Waals surface area contributed by atoms with Gasteiger partial charge in [0.15, 0.2) is 0 Å². The first-order valence-electron chi connectivity index (χ1n) is 3.40. The maximum absolute atomic E-state index is 10.6. The molecule has 1 aromatic rings. The number of hydrogen-bond acceptors (Lipinski definition) is 2. The van der Waals surface area contributed by atoms with Crippen LogP contribution in [0, 0.1) is 0 Å². The highest BCUT2D eigenvalue weighted by Gasteiger charge is 2.06. The molecule has 0 aliphatic rings. The molecule has 1 rings (SSSR count). The fraction of sp³-hybridized carbons (Fsp3) is 0.